The van der Waals surface area contributed by atoms with Crippen LogP contribution >= 0.6 is 27.3 Å². The highest BCUT2D eigenvalue weighted by Gasteiger charge is 2.15. The van der Waals surface area contributed by atoms with Crippen LogP contribution in [0, 0.1) is 13.8 Å². The van der Waals surface area contributed by atoms with Crippen molar-refractivity contribution in [3.8, 4) is 0 Å². The van der Waals surface area contributed by atoms with Crippen LogP contribution in [-0.4, -0.2) is 13.4 Å². The van der Waals surface area contributed by atoms with Crippen LogP contribution in [0.25, 0.3) is 0 Å². The van der Waals surface area contributed by atoms with Gasteiger partial charge in [0.25, 0.3) is 0 Å². The van der Waals surface area contributed by atoms with Crippen molar-refractivity contribution >= 4 is 37.3 Å². The van der Waals surface area contributed by atoms with E-state index in [0.717, 1.165) is 20.7 Å². The normalized spacial score (nSPS) is 11.7. The topological polar surface area (TPSA) is 59.1 Å². The van der Waals surface area contributed by atoms with E-state index < -0.39 is 10.0 Å². The Morgan fingerprint density at radius 1 is 1.37 bits per heavy atom. The van der Waals surface area contributed by atoms with Gasteiger partial charge in [0.15, 0.2) is 0 Å². The van der Waals surface area contributed by atoms with Gasteiger partial charge in [-0.15, -0.1) is 11.3 Å². The van der Waals surface area contributed by atoms with Crippen molar-refractivity contribution in [2.45, 2.75) is 25.3 Å². The second-order valence-electron chi connectivity index (χ2n) is 4.12. The van der Waals surface area contributed by atoms with Crippen molar-refractivity contribution in [2.75, 3.05) is 0 Å². The first-order valence-corrected chi connectivity index (χ1v) is 8.71. The second kappa shape index (κ2) is 5.70. The van der Waals surface area contributed by atoms with E-state index in [1.54, 1.807) is 18.2 Å². The van der Waals surface area contributed by atoms with Gasteiger partial charge in [-0.05, 0) is 37.6 Å². The molecule has 2 rings (SSSR count). The highest BCUT2D eigenvalue weighted by molar-refractivity contribution is 9.10. The lowest BCUT2D eigenvalue weighted by molar-refractivity contribution is 0.581. The number of nitrogens with zero attached hydrogens (tertiary/aromatic N) is 1. The number of aromatic nitrogens is 1. The average Bonchev–Trinajstić information content (AvgIpc) is 2.76. The molecule has 0 saturated heterocycles. The molecule has 7 heteroatoms. The largest absolute Gasteiger partial charge is 0.245 e. The number of sulfonamides is 1. The third-order valence-electron chi connectivity index (χ3n) is 2.52. The Labute approximate surface area is 125 Å². The van der Waals surface area contributed by atoms with Gasteiger partial charge < -0.3 is 0 Å². The number of hydrogen-bond donors (Lipinski definition) is 1. The van der Waals surface area contributed by atoms with Gasteiger partial charge >= 0.3 is 0 Å². The summed E-state index contributed by atoms with van der Waals surface area (Å²) in [6, 6.07) is 4.95. The summed E-state index contributed by atoms with van der Waals surface area (Å²) in [7, 11) is -3.49. The maximum Gasteiger partial charge on any atom is 0.240 e. The molecule has 0 fully saturated rings. The molecule has 102 valence electrons. The Balaban J connectivity index is 2.16. The van der Waals surface area contributed by atoms with Gasteiger partial charge in [-0.2, -0.15) is 0 Å². The van der Waals surface area contributed by atoms with Crippen LogP contribution in [0.15, 0.2) is 32.9 Å². The number of aryl methyl sites for hydroxylation is 2. The van der Waals surface area contributed by atoms with E-state index in [4.69, 9.17) is 0 Å². The van der Waals surface area contributed by atoms with Crippen molar-refractivity contribution < 1.29 is 8.42 Å². The molecule has 0 aliphatic rings. The van der Waals surface area contributed by atoms with Crippen molar-refractivity contribution in [3.05, 3.63) is 44.3 Å². The monoisotopic (exact) mass is 360 g/mol. The Morgan fingerprint density at radius 3 is 2.68 bits per heavy atom. The van der Waals surface area contributed by atoms with Gasteiger partial charge in [-0.25, -0.2) is 18.1 Å². The molecule has 0 atom stereocenters. The molecule has 0 amide bonds. The van der Waals surface area contributed by atoms with E-state index in [-0.39, 0.29) is 11.4 Å². The van der Waals surface area contributed by atoms with E-state index in [1.807, 2.05) is 19.2 Å². The molecule has 0 aliphatic carbocycles. The van der Waals surface area contributed by atoms with Gasteiger partial charge in [-0.3, -0.25) is 0 Å². The van der Waals surface area contributed by atoms with Crippen molar-refractivity contribution in [1.82, 2.24) is 9.71 Å². The quantitative estimate of drug-likeness (QED) is 0.911. The van der Waals surface area contributed by atoms with Crippen LogP contribution in [0.1, 0.15) is 16.3 Å². The van der Waals surface area contributed by atoms with Crippen LogP contribution in [0.2, 0.25) is 0 Å². The van der Waals surface area contributed by atoms with E-state index in [9.17, 15) is 8.42 Å². The number of nitrogens with one attached hydrogen (secondary N) is 1. The molecule has 2 aromatic rings. The summed E-state index contributed by atoms with van der Waals surface area (Å²) in [5.74, 6) is 0. The second-order valence-corrected chi connectivity index (χ2v) is 7.68. The summed E-state index contributed by atoms with van der Waals surface area (Å²) in [5, 5.41) is 2.66. The summed E-state index contributed by atoms with van der Waals surface area (Å²) in [4.78, 5) is 4.49. The lowest BCUT2D eigenvalue weighted by atomic mass is 10.2. The Hall–Kier alpha value is -0.760. The first-order valence-electron chi connectivity index (χ1n) is 5.55. The van der Waals surface area contributed by atoms with E-state index >= 15 is 0 Å². The molecule has 19 heavy (non-hydrogen) atoms. The number of hydrogen-bond acceptors (Lipinski definition) is 4. The molecule has 0 saturated carbocycles. The van der Waals surface area contributed by atoms with Crippen LogP contribution in [0.5, 0.6) is 0 Å². The Kier molecular flexibility index (Phi) is 4.39. The zero-order chi connectivity index (χ0) is 14.0. The molecular weight excluding hydrogens is 348 g/mol. The smallest absolute Gasteiger partial charge is 0.240 e. The molecule has 0 radical (unpaired) electrons. The zero-order valence-corrected chi connectivity index (χ0v) is 13.7. The average molecular weight is 361 g/mol. The van der Waals surface area contributed by atoms with Gasteiger partial charge in [0, 0.05) is 15.5 Å². The Morgan fingerprint density at radius 2 is 2.11 bits per heavy atom. The minimum absolute atomic E-state index is 0.218. The van der Waals surface area contributed by atoms with Crippen LogP contribution in [0.3, 0.4) is 0 Å². The van der Waals surface area contributed by atoms with E-state index in [2.05, 4.69) is 25.6 Å². The minimum Gasteiger partial charge on any atom is -0.245 e. The van der Waals surface area contributed by atoms with Crippen LogP contribution in [-0.2, 0) is 16.6 Å². The first-order chi connectivity index (χ1) is 8.88. The molecule has 1 aromatic carbocycles. The molecule has 4 nitrogen and oxygen atoms in total. The standard InChI is InChI=1S/C12H13BrN2O2S2/c1-8-5-10(3-4-11(8)13)19(16,17)14-6-12-15-9(2)7-18-12/h3-5,7,14H,6H2,1-2H3. The van der Waals surface area contributed by atoms with Gasteiger partial charge in [-0.1, -0.05) is 15.9 Å². The lowest BCUT2D eigenvalue weighted by Crippen LogP contribution is -2.23. The third-order valence-corrected chi connectivity index (χ3v) is 5.78. The molecule has 1 N–H and O–H groups in total. The highest BCUT2D eigenvalue weighted by atomic mass is 79.9. The summed E-state index contributed by atoms with van der Waals surface area (Å²) in [6.07, 6.45) is 0. The van der Waals surface area contributed by atoms with E-state index in [0.29, 0.717) is 0 Å². The molecule has 0 bridgehead atoms. The van der Waals surface area contributed by atoms with Gasteiger partial charge in [0.2, 0.25) is 10.0 Å². The highest BCUT2D eigenvalue weighted by Crippen LogP contribution is 2.20. The molecule has 1 heterocycles. The zero-order valence-electron chi connectivity index (χ0n) is 10.5. The fraction of sp³-hybridized carbons (Fsp3) is 0.250. The fourth-order valence-electron chi connectivity index (χ4n) is 1.51. The summed E-state index contributed by atoms with van der Waals surface area (Å²) in [6.45, 7) is 3.95. The van der Waals surface area contributed by atoms with E-state index in [1.165, 1.54) is 11.3 Å². The van der Waals surface area contributed by atoms with Crippen LogP contribution < -0.4 is 4.72 Å². The molecular formula is C12H13BrN2O2S2. The molecule has 0 spiro atoms. The SMILES string of the molecule is Cc1csc(CNS(=O)(=O)c2ccc(Br)c(C)c2)n1. The van der Waals surface area contributed by atoms with Gasteiger partial charge in [0.05, 0.1) is 11.4 Å². The predicted octanol–water partition coefficient (Wildman–Crippen LogP) is 3.00. The summed E-state index contributed by atoms with van der Waals surface area (Å²) >= 11 is 4.80. The number of benzene rings is 1. The molecule has 0 aliphatic heterocycles. The molecule has 0 unspecified atom stereocenters. The number of rotatable bonds is 4. The lowest BCUT2D eigenvalue weighted by Gasteiger charge is -2.07. The van der Waals surface area contributed by atoms with Crippen molar-refractivity contribution in [3.63, 3.8) is 0 Å². The van der Waals surface area contributed by atoms with Crippen molar-refractivity contribution in [1.29, 1.82) is 0 Å². The maximum absolute atomic E-state index is 12.1. The fourth-order valence-corrected chi connectivity index (χ4v) is 3.63. The maximum atomic E-state index is 12.1. The van der Waals surface area contributed by atoms with Gasteiger partial charge in [0.1, 0.15) is 5.01 Å². The summed E-state index contributed by atoms with van der Waals surface area (Å²) in [5.41, 5.74) is 1.78. The number of halogens is 1. The van der Waals surface area contributed by atoms with Crippen LogP contribution in [0.4, 0.5) is 0 Å². The van der Waals surface area contributed by atoms with Crippen molar-refractivity contribution in [2.24, 2.45) is 0 Å². The summed E-state index contributed by atoms with van der Waals surface area (Å²) < 4.78 is 27.7. The minimum atomic E-state index is -3.49. The Bertz CT molecular complexity index is 696. The number of thiazole rings is 1. The third kappa shape index (κ3) is 3.62. The molecule has 1 aromatic heterocycles. The first kappa shape index (κ1) is 14.6. The predicted molar refractivity (Wildman–Crippen MR) is 79.8 cm³/mol.